The van der Waals surface area contributed by atoms with Crippen LogP contribution < -0.4 is 4.74 Å². The Kier molecular flexibility index (Phi) is 6.25. The fourth-order valence-electron chi connectivity index (χ4n) is 2.34. The van der Waals surface area contributed by atoms with Crippen molar-refractivity contribution in [3.8, 4) is 5.75 Å². The van der Waals surface area contributed by atoms with Crippen molar-refractivity contribution in [3.63, 3.8) is 0 Å². The predicted octanol–water partition coefficient (Wildman–Crippen LogP) is 3.71. The van der Waals surface area contributed by atoms with Gasteiger partial charge in [-0.25, -0.2) is 4.98 Å². The highest BCUT2D eigenvalue weighted by molar-refractivity contribution is 8.26. The zero-order valence-corrected chi connectivity index (χ0v) is 16.8. The molecule has 1 aromatic carbocycles. The molecule has 1 saturated heterocycles. The van der Waals surface area contributed by atoms with E-state index in [-0.39, 0.29) is 18.9 Å². The number of benzene rings is 1. The average Bonchev–Trinajstić information content (AvgIpc) is 3.16. The molecule has 0 bridgehead atoms. The number of ether oxygens (including phenoxy) is 1. The first kappa shape index (κ1) is 19.5. The number of carbonyl (C=O) groups excluding carboxylic acids is 1. The molecule has 0 aliphatic carbocycles. The molecular weight excluding hydrogens is 404 g/mol. The van der Waals surface area contributed by atoms with Crippen molar-refractivity contribution in [1.82, 2.24) is 9.88 Å². The molecule has 9 heteroatoms. The van der Waals surface area contributed by atoms with E-state index in [0.29, 0.717) is 21.6 Å². The van der Waals surface area contributed by atoms with Gasteiger partial charge in [-0.15, -0.1) is 11.3 Å². The Balaban J connectivity index is 1.62. The molecule has 0 saturated carbocycles. The van der Waals surface area contributed by atoms with E-state index in [9.17, 15) is 9.59 Å². The van der Waals surface area contributed by atoms with Gasteiger partial charge in [0.2, 0.25) is 0 Å². The molecule has 0 unspecified atom stereocenters. The summed E-state index contributed by atoms with van der Waals surface area (Å²) in [6.45, 7) is 2.44. The van der Waals surface area contributed by atoms with Crippen LogP contribution in [0.2, 0.25) is 0 Å². The molecule has 1 aromatic heterocycles. The van der Waals surface area contributed by atoms with Crippen LogP contribution in [0.3, 0.4) is 0 Å². The number of aryl methyl sites for hydroxylation is 1. The Morgan fingerprint density at radius 1 is 1.37 bits per heavy atom. The van der Waals surface area contributed by atoms with Gasteiger partial charge in [0.1, 0.15) is 16.7 Å². The number of thiocarbonyl (C=S) groups is 1. The lowest BCUT2D eigenvalue weighted by Crippen LogP contribution is -2.30. The minimum atomic E-state index is -0.962. The molecule has 1 aliphatic heterocycles. The van der Waals surface area contributed by atoms with Crippen molar-refractivity contribution < 1.29 is 19.4 Å². The smallest absolute Gasteiger partial charge is 0.305 e. The second kappa shape index (κ2) is 8.64. The van der Waals surface area contributed by atoms with Crippen LogP contribution in [-0.2, 0) is 16.2 Å². The number of thioether (sulfide) groups is 1. The zero-order valence-electron chi connectivity index (χ0n) is 14.4. The zero-order chi connectivity index (χ0) is 19.4. The maximum atomic E-state index is 12.4. The SMILES string of the molecule is Cc1nc(COc2ccc(/C=C3\SC(=S)N(CCC(=O)O)C3=O)cc2)cs1. The Bertz CT molecular complexity index is 906. The summed E-state index contributed by atoms with van der Waals surface area (Å²) in [4.78, 5) is 29.2. The van der Waals surface area contributed by atoms with Crippen molar-refractivity contribution in [2.24, 2.45) is 0 Å². The van der Waals surface area contributed by atoms with Crippen molar-refractivity contribution in [2.45, 2.75) is 20.0 Å². The second-order valence-corrected chi connectivity index (χ2v) is 8.43. The number of thiazole rings is 1. The Morgan fingerprint density at radius 3 is 2.74 bits per heavy atom. The van der Waals surface area contributed by atoms with E-state index in [4.69, 9.17) is 22.1 Å². The van der Waals surface area contributed by atoms with E-state index in [1.165, 1.54) is 16.7 Å². The molecule has 1 amide bonds. The molecular formula is C18H16N2O4S3. The fourth-order valence-corrected chi connectivity index (χ4v) is 4.25. The lowest BCUT2D eigenvalue weighted by molar-refractivity contribution is -0.137. The van der Waals surface area contributed by atoms with Crippen molar-refractivity contribution in [3.05, 3.63) is 50.8 Å². The standard InChI is InChI=1S/C18H16N2O4S3/c1-11-19-13(10-26-11)9-24-14-4-2-12(3-5-14)8-15-17(23)20(18(25)27-15)7-6-16(21)22/h2-5,8,10H,6-7,9H2,1H3,(H,21,22)/b15-8-. The van der Waals surface area contributed by atoms with Crippen LogP contribution >= 0.6 is 35.3 Å². The highest BCUT2D eigenvalue weighted by Gasteiger charge is 2.31. The highest BCUT2D eigenvalue weighted by atomic mass is 32.2. The van der Waals surface area contributed by atoms with E-state index in [2.05, 4.69) is 4.98 Å². The summed E-state index contributed by atoms with van der Waals surface area (Å²) in [7, 11) is 0. The van der Waals surface area contributed by atoms with Crippen molar-refractivity contribution in [1.29, 1.82) is 0 Å². The van der Waals surface area contributed by atoms with Crippen LogP contribution in [0.25, 0.3) is 6.08 Å². The quantitative estimate of drug-likeness (QED) is 0.540. The summed E-state index contributed by atoms with van der Waals surface area (Å²) in [5.41, 5.74) is 1.73. The third kappa shape index (κ3) is 5.15. The van der Waals surface area contributed by atoms with Gasteiger partial charge in [-0.05, 0) is 30.7 Å². The normalized spacial score (nSPS) is 15.6. The molecule has 0 radical (unpaired) electrons. The third-order valence-corrected chi connectivity index (χ3v) is 5.85. The molecule has 2 heterocycles. The number of hydrogen-bond acceptors (Lipinski definition) is 7. The first-order valence-corrected chi connectivity index (χ1v) is 10.1. The lowest BCUT2D eigenvalue weighted by Gasteiger charge is -2.12. The van der Waals surface area contributed by atoms with Crippen LogP contribution in [-0.4, -0.2) is 37.7 Å². The van der Waals surface area contributed by atoms with E-state index in [0.717, 1.165) is 16.3 Å². The van der Waals surface area contributed by atoms with Gasteiger partial charge in [-0.1, -0.05) is 36.1 Å². The molecule has 3 rings (SSSR count). The molecule has 1 N–H and O–H groups in total. The van der Waals surface area contributed by atoms with Crippen LogP contribution in [0.15, 0.2) is 34.6 Å². The molecule has 27 heavy (non-hydrogen) atoms. The molecule has 140 valence electrons. The van der Waals surface area contributed by atoms with Crippen molar-refractivity contribution in [2.75, 3.05) is 6.54 Å². The van der Waals surface area contributed by atoms with Crippen LogP contribution in [0.5, 0.6) is 5.75 Å². The van der Waals surface area contributed by atoms with Crippen LogP contribution in [0, 0.1) is 6.92 Å². The number of amides is 1. The van der Waals surface area contributed by atoms with Gasteiger partial charge in [0.05, 0.1) is 22.0 Å². The van der Waals surface area contributed by atoms with Crippen LogP contribution in [0.1, 0.15) is 22.7 Å². The third-order valence-electron chi connectivity index (χ3n) is 3.65. The molecule has 1 aliphatic rings. The summed E-state index contributed by atoms with van der Waals surface area (Å²) in [6.07, 6.45) is 1.61. The Labute approximate surface area is 169 Å². The van der Waals surface area contributed by atoms with Gasteiger partial charge < -0.3 is 9.84 Å². The number of aliphatic carboxylic acids is 1. The Morgan fingerprint density at radius 2 is 2.11 bits per heavy atom. The second-order valence-electron chi connectivity index (χ2n) is 5.69. The number of nitrogens with zero attached hydrogens (tertiary/aromatic N) is 2. The first-order valence-electron chi connectivity index (χ1n) is 8.03. The van der Waals surface area contributed by atoms with Gasteiger partial charge in [0.25, 0.3) is 5.91 Å². The number of hydrogen-bond donors (Lipinski definition) is 1. The minimum Gasteiger partial charge on any atom is -0.487 e. The topological polar surface area (TPSA) is 79.7 Å². The van der Waals surface area contributed by atoms with Gasteiger partial charge in [-0.2, -0.15) is 0 Å². The Hall–Kier alpha value is -2.23. The highest BCUT2D eigenvalue weighted by Crippen LogP contribution is 2.32. The molecule has 2 aromatic rings. The lowest BCUT2D eigenvalue weighted by atomic mass is 10.2. The summed E-state index contributed by atoms with van der Waals surface area (Å²) < 4.78 is 6.09. The van der Waals surface area contributed by atoms with Gasteiger partial charge in [0, 0.05) is 11.9 Å². The van der Waals surface area contributed by atoms with E-state index >= 15 is 0 Å². The molecule has 0 atom stereocenters. The number of rotatable bonds is 7. The largest absolute Gasteiger partial charge is 0.487 e. The number of aromatic nitrogens is 1. The fraction of sp³-hybridized carbons (Fsp3) is 0.222. The molecule has 1 fully saturated rings. The molecule has 6 nitrogen and oxygen atoms in total. The first-order chi connectivity index (χ1) is 12.9. The minimum absolute atomic E-state index is 0.0835. The van der Waals surface area contributed by atoms with Gasteiger partial charge >= 0.3 is 5.97 Å². The summed E-state index contributed by atoms with van der Waals surface area (Å²) in [6, 6.07) is 7.36. The summed E-state index contributed by atoms with van der Waals surface area (Å²) >= 11 is 7.94. The van der Waals surface area contributed by atoms with E-state index in [1.54, 1.807) is 17.4 Å². The average molecular weight is 421 g/mol. The predicted molar refractivity (Wildman–Crippen MR) is 110 cm³/mol. The van der Waals surface area contributed by atoms with E-state index < -0.39 is 5.97 Å². The maximum Gasteiger partial charge on any atom is 0.305 e. The molecule has 0 spiro atoms. The van der Waals surface area contributed by atoms with Gasteiger partial charge in [-0.3, -0.25) is 14.5 Å². The van der Waals surface area contributed by atoms with Gasteiger partial charge in [0.15, 0.2) is 0 Å². The summed E-state index contributed by atoms with van der Waals surface area (Å²) in [5.74, 6) is -0.506. The van der Waals surface area contributed by atoms with E-state index in [1.807, 2.05) is 36.6 Å². The van der Waals surface area contributed by atoms with Crippen LogP contribution in [0.4, 0.5) is 0 Å². The number of carbonyl (C=O) groups is 2. The number of carboxylic acids is 1. The summed E-state index contributed by atoms with van der Waals surface area (Å²) in [5, 5.41) is 11.7. The van der Waals surface area contributed by atoms with Crippen molar-refractivity contribution >= 4 is 57.6 Å². The monoisotopic (exact) mass is 420 g/mol. The maximum absolute atomic E-state index is 12.4. The number of carboxylic acid groups (broad SMARTS) is 1.